The summed E-state index contributed by atoms with van der Waals surface area (Å²) in [4.78, 5) is 10.1. The molecule has 0 N–H and O–H groups in total. The zero-order valence-electron chi connectivity index (χ0n) is 26.2. The highest BCUT2D eigenvalue weighted by molar-refractivity contribution is 6.20. The molecule has 0 radical (unpaired) electrons. The van der Waals surface area contributed by atoms with Crippen molar-refractivity contribution < 1.29 is 0 Å². The maximum Gasteiger partial charge on any atom is 0.160 e. The van der Waals surface area contributed by atoms with Gasteiger partial charge in [0.05, 0.1) is 11.4 Å². The maximum atomic E-state index is 5.09. The summed E-state index contributed by atoms with van der Waals surface area (Å²) in [6.45, 7) is 0. The lowest BCUT2D eigenvalue weighted by Gasteiger charge is -2.15. The van der Waals surface area contributed by atoms with Crippen LogP contribution in [-0.2, 0) is 0 Å². The van der Waals surface area contributed by atoms with Crippen LogP contribution in [0, 0.1) is 0 Å². The van der Waals surface area contributed by atoms with Gasteiger partial charge in [-0.15, -0.1) is 0 Å². The molecule has 2 heteroatoms. The first-order valence-corrected chi connectivity index (χ1v) is 16.3. The zero-order chi connectivity index (χ0) is 31.9. The van der Waals surface area contributed by atoms with Crippen LogP contribution in [0.1, 0.15) is 0 Å². The fraction of sp³-hybridized carbons (Fsp3) is 0. The lowest BCUT2D eigenvalue weighted by atomic mass is 9.89. The first-order valence-electron chi connectivity index (χ1n) is 16.3. The SMILES string of the molecule is c1ccc(-c2ccc(-c3cc(-c4ccc(-c5c6ccccc6cc6c5ccc5ccccc56)cc4)nc(-c4ccccc4)n3)cc2)cc1. The first-order chi connectivity index (χ1) is 23.8. The number of nitrogens with zero attached hydrogens (tertiary/aromatic N) is 2. The van der Waals surface area contributed by atoms with Gasteiger partial charge in [0, 0.05) is 16.7 Å². The molecular weight excluding hydrogens is 581 g/mol. The van der Waals surface area contributed by atoms with E-state index in [-0.39, 0.29) is 0 Å². The van der Waals surface area contributed by atoms with Gasteiger partial charge in [-0.05, 0) is 66.7 Å². The lowest BCUT2D eigenvalue weighted by Crippen LogP contribution is -1.96. The molecule has 0 saturated carbocycles. The number of aromatic nitrogens is 2. The molecule has 2 nitrogen and oxygen atoms in total. The summed E-state index contributed by atoms with van der Waals surface area (Å²) in [5.41, 5.74) is 9.72. The topological polar surface area (TPSA) is 25.8 Å². The van der Waals surface area contributed by atoms with E-state index in [1.165, 1.54) is 54.6 Å². The molecule has 0 unspecified atom stereocenters. The van der Waals surface area contributed by atoms with Crippen LogP contribution in [0.25, 0.3) is 88.5 Å². The van der Waals surface area contributed by atoms with Crippen molar-refractivity contribution in [1.82, 2.24) is 9.97 Å². The van der Waals surface area contributed by atoms with Crippen molar-refractivity contribution in [3.63, 3.8) is 0 Å². The smallest absolute Gasteiger partial charge is 0.160 e. The summed E-state index contributed by atoms with van der Waals surface area (Å²) in [6, 6.07) is 64.5. The lowest BCUT2D eigenvalue weighted by molar-refractivity contribution is 1.18. The van der Waals surface area contributed by atoms with Crippen LogP contribution in [0.3, 0.4) is 0 Å². The third-order valence-electron chi connectivity index (χ3n) is 9.29. The molecule has 0 aliphatic carbocycles. The Bertz CT molecular complexity index is 2570. The predicted octanol–water partition coefficient (Wildman–Crippen LogP) is 12.3. The van der Waals surface area contributed by atoms with E-state index < -0.39 is 0 Å². The Kier molecular flexibility index (Phi) is 6.84. The van der Waals surface area contributed by atoms with Gasteiger partial charge >= 0.3 is 0 Å². The number of hydrogen-bond acceptors (Lipinski definition) is 2. The van der Waals surface area contributed by atoms with Gasteiger partial charge in [0.1, 0.15) is 0 Å². The summed E-state index contributed by atoms with van der Waals surface area (Å²) >= 11 is 0. The van der Waals surface area contributed by atoms with Crippen LogP contribution in [-0.4, -0.2) is 9.97 Å². The van der Waals surface area contributed by atoms with E-state index in [1.807, 2.05) is 24.3 Å². The molecule has 0 bridgehead atoms. The van der Waals surface area contributed by atoms with Crippen LogP contribution < -0.4 is 0 Å². The van der Waals surface area contributed by atoms with E-state index in [0.29, 0.717) is 5.82 Å². The van der Waals surface area contributed by atoms with Gasteiger partial charge in [-0.1, -0.05) is 170 Å². The molecule has 1 heterocycles. The maximum absolute atomic E-state index is 5.09. The molecule has 1 aromatic heterocycles. The van der Waals surface area contributed by atoms with Crippen LogP contribution in [0.5, 0.6) is 0 Å². The van der Waals surface area contributed by atoms with E-state index in [4.69, 9.17) is 9.97 Å². The van der Waals surface area contributed by atoms with E-state index in [9.17, 15) is 0 Å². The van der Waals surface area contributed by atoms with Crippen molar-refractivity contribution in [2.45, 2.75) is 0 Å². The Morgan fingerprint density at radius 2 is 0.771 bits per heavy atom. The highest BCUT2D eigenvalue weighted by atomic mass is 14.9. The van der Waals surface area contributed by atoms with E-state index in [0.717, 1.165) is 28.1 Å². The van der Waals surface area contributed by atoms with Crippen LogP contribution in [0.15, 0.2) is 182 Å². The molecule has 9 rings (SSSR count). The predicted molar refractivity (Wildman–Crippen MR) is 202 cm³/mol. The van der Waals surface area contributed by atoms with Gasteiger partial charge in [-0.25, -0.2) is 9.97 Å². The normalized spacial score (nSPS) is 11.3. The molecule has 0 aliphatic rings. The Hall–Kier alpha value is -6.38. The summed E-state index contributed by atoms with van der Waals surface area (Å²) in [6.07, 6.45) is 0. The number of benzene rings is 8. The summed E-state index contributed by atoms with van der Waals surface area (Å²) < 4.78 is 0. The van der Waals surface area contributed by atoms with Gasteiger partial charge in [-0.2, -0.15) is 0 Å². The van der Waals surface area contributed by atoms with E-state index in [1.54, 1.807) is 0 Å². The third-order valence-corrected chi connectivity index (χ3v) is 9.29. The molecule has 8 aromatic carbocycles. The average molecular weight is 611 g/mol. The molecule has 0 fully saturated rings. The second kappa shape index (κ2) is 11.8. The van der Waals surface area contributed by atoms with Crippen LogP contribution in [0.4, 0.5) is 0 Å². The summed E-state index contributed by atoms with van der Waals surface area (Å²) in [5.74, 6) is 0.714. The number of hydrogen-bond donors (Lipinski definition) is 0. The van der Waals surface area contributed by atoms with E-state index >= 15 is 0 Å². The van der Waals surface area contributed by atoms with Gasteiger partial charge in [0.2, 0.25) is 0 Å². The van der Waals surface area contributed by atoms with Crippen molar-refractivity contribution in [2.75, 3.05) is 0 Å². The molecule has 0 amide bonds. The fourth-order valence-electron chi connectivity index (χ4n) is 6.86. The Labute approximate surface area is 279 Å². The number of fused-ring (bicyclic) bond motifs is 4. The van der Waals surface area contributed by atoms with Crippen molar-refractivity contribution >= 4 is 32.3 Å². The summed E-state index contributed by atoms with van der Waals surface area (Å²) in [7, 11) is 0. The molecule has 48 heavy (non-hydrogen) atoms. The van der Waals surface area contributed by atoms with Gasteiger partial charge < -0.3 is 0 Å². The largest absolute Gasteiger partial charge is 0.228 e. The second-order valence-electron chi connectivity index (χ2n) is 12.2. The molecule has 0 saturated heterocycles. The Morgan fingerprint density at radius 1 is 0.271 bits per heavy atom. The van der Waals surface area contributed by atoms with E-state index in [2.05, 4.69) is 158 Å². The molecule has 0 atom stereocenters. The molecule has 0 aliphatic heterocycles. The molecular formula is C46H30N2. The Morgan fingerprint density at radius 3 is 1.44 bits per heavy atom. The van der Waals surface area contributed by atoms with Crippen molar-refractivity contribution in [3.8, 4) is 56.2 Å². The second-order valence-corrected chi connectivity index (χ2v) is 12.2. The molecule has 224 valence electrons. The van der Waals surface area contributed by atoms with Crippen LogP contribution in [0.2, 0.25) is 0 Å². The fourth-order valence-corrected chi connectivity index (χ4v) is 6.86. The van der Waals surface area contributed by atoms with Crippen molar-refractivity contribution in [3.05, 3.63) is 182 Å². The van der Waals surface area contributed by atoms with Gasteiger partial charge in [0.15, 0.2) is 5.82 Å². The zero-order valence-corrected chi connectivity index (χ0v) is 26.2. The highest BCUT2D eigenvalue weighted by Gasteiger charge is 2.14. The molecule has 9 aromatic rings. The quantitative estimate of drug-likeness (QED) is 0.143. The average Bonchev–Trinajstić information content (AvgIpc) is 3.17. The van der Waals surface area contributed by atoms with Gasteiger partial charge in [-0.3, -0.25) is 0 Å². The van der Waals surface area contributed by atoms with Crippen molar-refractivity contribution in [1.29, 1.82) is 0 Å². The molecule has 0 spiro atoms. The number of rotatable bonds is 5. The minimum atomic E-state index is 0.714. The standard InChI is InChI=1S/C46H30N2/c1-3-11-31(12-4-1)32-19-21-34(22-20-32)43-30-44(48-46(47-43)37-14-5-2-6-15-37)35-23-25-36(26-24-35)45-40-18-10-8-16-38(40)29-42-39-17-9-7-13-33(39)27-28-41(42)45/h1-30H. The van der Waals surface area contributed by atoms with Crippen molar-refractivity contribution in [2.24, 2.45) is 0 Å². The minimum Gasteiger partial charge on any atom is -0.228 e. The third kappa shape index (κ3) is 5.01. The van der Waals surface area contributed by atoms with Gasteiger partial charge in [0.25, 0.3) is 0 Å². The summed E-state index contributed by atoms with van der Waals surface area (Å²) in [5, 5.41) is 7.56. The monoisotopic (exact) mass is 610 g/mol. The highest BCUT2D eigenvalue weighted by Crippen LogP contribution is 2.40. The minimum absolute atomic E-state index is 0.714. The Balaban J connectivity index is 1.17. The first kappa shape index (κ1) is 27.9. The van der Waals surface area contributed by atoms with Crippen LogP contribution >= 0.6 is 0 Å².